The normalized spacial score (nSPS) is 24.9. The topological polar surface area (TPSA) is 86.7 Å². The number of hydrogen-bond acceptors (Lipinski definition) is 6. The van der Waals surface area contributed by atoms with Crippen molar-refractivity contribution >= 4 is 21.8 Å². The fourth-order valence-corrected chi connectivity index (χ4v) is 4.53. The molecule has 0 amide bonds. The Labute approximate surface area is 113 Å². The molecule has 0 radical (unpaired) electrons. The molecule has 0 unspecified atom stereocenters. The van der Waals surface area contributed by atoms with Crippen LogP contribution in [0.25, 0.3) is 0 Å². The van der Waals surface area contributed by atoms with E-state index in [9.17, 15) is 18.0 Å². The lowest BCUT2D eigenvalue weighted by atomic mass is 9.90. The van der Waals surface area contributed by atoms with Gasteiger partial charge in [-0.2, -0.15) is 0 Å². The van der Waals surface area contributed by atoms with Crippen molar-refractivity contribution in [3.8, 4) is 0 Å². The summed E-state index contributed by atoms with van der Waals surface area (Å²) >= 11 is 0. The molecule has 0 spiro atoms. The molecule has 110 valence electrons. The summed E-state index contributed by atoms with van der Waals surface area (Å²) in [6, 6.07) is 0. The summed E-state index contributed by atoms with van der Waals surface area (Å²) in [5.41, 5.74) is 0. The summed E-state index contributed by atoms with van der Waals surface area (Å²) in [4.78, 5) is 22.9. The fourth-order valence-electron chi connectivity index (χ4n) is 2.31. The Morgan fingerprint density at radius 3 is 1.63 bits per heavy atom. The van der Waals surface area contributed by atoms with Crippen LogP contribution in [0.1, 0.15) is 26.7 Å². The molecule has 6 nitrogen and oxygen atoms in total. The van der Waals surface area contributed by atoms with Crippen LogP contribution >= 0.6 is 0 Å². The highest BCUT2D eigenvalue weighted by Crippen LogP contribution is 2.31. The first-order valence-corrected chi connectivity index (χ1v) is 8.21. The van der Waals surface area contributed by atoms with E-state index in [2.05, 4.69) is 0 Å². The number of hydrogen-bond donors (Lipinski definition) is 0. The van der Waals surface area contributed by atoms with Crippen LogP contribution in [0.3, 0.4) is 0 Å². The number of carbonyl (C=O) groups excluding carboxylic acids is 2. The number of ether oxygens (including phenoxy) is 2. The van der Waals surface area contributed by atoms with E-state index in [1.165, 1.54) is 0 Å². The number of esters is 2. The van der Waals surface area contributed by atoms with Gasteiger partial charge in [0.15, 0.2) is 9.84 Å². The molecule has 0 saturated carbocycles. The second-order valence-electron chi connectivity index (χ2n) is 4.62. The molecule has 0 aliphatic carbocycles. The van der Waals surface area contributed by atoms with Gasteiger partial charge in [-0.1, -0.05) is 0 Å². The summed E-state index contributed by atoms with van der Waals surface area (Å²) in [7, 11) is -3.18. The molecule has 0 N–H and O–H groups in total. The third kappa shape index (κ3) is 5.18. The lowest BCUT2D eigenvalue weighted by Gasteiger charge is -2.16. The summed E-state index contributed by atoms with van der Waals surface area (Å²) in [5.74, 6) is -1.66. The van der Waals surface area contributed by atoms with Crippen molar-refractivity contribution in [2.24, 2.45) is 11.8 Å². The van der Waals surface area contributed by atoms with Gasteiger partial charge in [-0.15, -0.1) is 0 Å². The van der Waals surface area contributed by atoms with Crippen LogP contribution in [0.2, 0.25) is 0 Å². The molecule has 1 heterocycles. The average molecular weight is 292 g/mol. The van der Waals surface area contributed by atoms with Gasteiger partial charge in [0, 0.05) is 12.8 Å². The van der Waals surface area contributed by atoms with Crippen molar-refractivity contribution < 1.29 is 27.5 Å². The minimum atomic E-state index is -3.18. The summed E-state index contributed by atoms with van der Waals surface area (Å²) in [6.45, 7) is 3.92. The molecule has 1 rings (SSSR count). The van der Waals surface area contributed by atoms with E-state index in [1.807, 2.05) is 0 Å². The Morgan fingerprint density at radius 2 is 1.32 bits per heavy atom. The number of carbonyl (C=O) groups is 2. The van der Waals surface area contributed by atoms with Crippen LogP contribution in [-0.2, 0) is 28.9 Å². The zero-order valence-corrected chi connectivity index (χ0v) is 12.1. The molecule has 0 aromatic carbocycles. The van der Waals surface area contributed by atoms with Crippen LogP contribution in [-0.4, -0.2) is 45.1 Å². The molecule has 2 atom stereocenters. The van der Waals surface area contributed by atoms with E-state index in [-0.39, 0.29) is 49.4 Å². The molecule has 1 saturated heterocycles. The molecule has 7 heteroatoms. The Bertz CT molecular complexity index is 394. The highest BCUT2D eigenvalue weighted by Gasteiger charge is 2.40. The Kier molecular flexibility index (Phi) is 5.78. The third-order valence-corrected chi connectivity index (χ3v) is 4.94. The molecular formula is C12H20O6S. The molecule has 19 heavy (non-hydrogen) atoms. The van der Waals surface area contributed by atoms with E-state index < -0.39 is 21.8 Å². The second-order valence-corrected chi connectivity index (χ2v) is 6.77. The van der Waals surface area contributed by atoms with Crippen molar-refractivity contribution in [2.75, 3.05) is 24.7 Å². The van der Waals surface area contributed by atoms with Gasteiger partial charge >= 0.3 is 11.9 Å². The number of rotatable bonds is 6. The van der Waals surface area contributed by atoms with Crippen LogP contribution in [0.15, 0.2) is 0 Å². The molecule has 0 bridgehead atoms. The first-order valence-electron chi connectivity index (χ1n) is 6.39. The first-order chi connectivity index (χ1) is 8.88. The third-order valence-electron chi connectivity index (χ3n) is 3.07. The van der Waals surface area contributed by atoms with Crippen LogP contribution < -0.4 is 0 Å². The second kappa shape index (κ2) is 6.88. The standard InChI is InChI=1S/C12H20O6S/c1-3-17-11(13)5-9-7-19(15,16)8-10(9)6-12(14)18-4-2/h9-10H,3-8H2,1-2H3/t9-,10+. The average Bonchev–Trinajstić information content (AvgIpc) is 2.53. The van der Waals surface area contributed by atoms with Gasteiger partial charge in [0.05, 0.1) is 24.7 Å². The van der Waals surface area contributed by atoms with Crippen LogP contribution in [0.4, 0.5) is 0 Å². The Morgan fingerprint density at radius 1 is 0.947 bits per heavy atom. The van der Waals surface area contributed by atoms with E-state index in [1.54, 1.807) is 13.8 Å². The highest BCUT2D eigenvalue weighted by molar-refractivity contribution is 7.91. The zero-order chi connectivity index (χ0) is 14.5. The summed E-state index contributed by atoms with van der Waals surface area (Å²) < 4.78 is 32.9. The SMILES string of the molecule is CCOC(=O)C[C@@H]1CS(=O)(=O)C[C@@H]1CC(=O)OCC. The Balaban J connectivity index is 2.65. The van der Waals surface area contributed by atoms with E-state index in [0.29, 0.717) is 0 Å². The van der Waals surface area contributed by atoms with Crippen LogP contribution in [0.5, 0.6) is 0 Å². The predicted octanol–water partition coefficient (Wildman–Crippen LogP) is 0.554. The van der Waals surface area contributed by atoms with Crippen molar-refractivity contribution in [3.63, 3.8) is 0 Å². The highest BCUT2D eigenvalue weighted by atomic mass is 32.2. The van der Waals surface area contributed by atoms with Gasteiger partial charge in [0.2, 0.25) is 0 Å². The van der Waals surface area contributed by atoms with Crippen molar-refractivity contribution in [1.82, 2.24) is 0 Å². The summed E-state index contributed by atoms with van der Waals surface area (Å²) in [6.07, 6.45) is 0.0777. The van der Waals surface area contributed by atoms with Gasteiger partial charge in [-0.05, 0) is 25.7 Å². The maximum absolute atomic E-state index is 11.6. The minimum absolute atomic E-state index is 0.0388. The van der Waals surface area contributed by atoms with E-state index >= 15 is 0 Å². The first kappa shape index (κ1) is 15.9. The lowest BCUT2D eigenvalue weighted by Crippen LogP contribution is -2.21. The van der Waals surface area contributed by atoms with E-state index in [4.69, 9.17) is 9.47 Å². The van der Waals surface area contributed by atoms with Crippen molar-refractivity contribution in [2.45, 2.75) is 26.7 Å². The zero-order valence-electron chi connectivity index (χ0n) is 11.3. The fraction of sp³-hybridized carbons (Fsp3) is 0.833. The summed E-state index contributed by atoms with van der Waals surface area (Å²) in [5, 5.41) is 0. The quantitative estimate of drug-likeness (QED) is 0.665. The number of sulfone groups is 1. The van der Waals surface area contributed by atoms with Crippen LogP contribution in [0, 0.1) is 11.8 Å². The van der Waals surface area contributed by atoms with Crippen molar-refractivity contribution in [3.05, 3.63) is 0 Å². The largest absolute Gasteiger partial charge is 0.466 e. The van der Waals surface area contributed by atoms with Gasteiger partial charge in [-0.25, -0.2) is 8.42 Å². The van der Waals surface area contributed by atoms with Gasteiger partial charge in [0.25, 0.3) is 0 Å². The predicted molar refractivity (Wildman–Crippen MR) is 68.1 cm³/mol. The molecule has 0 aromatic rings. The molecular weight excluding hydrogens is 272 g/mol. The Hall–Kier alpha value is -1.11. The van der Waals surface area contributed by atoms with Gasteiger partial charge < -0.3 is 9.47 Å². The van der Waals surface area contributed by atoms with E-state index in [0.717, 1.165) is 0 Å². The van der Waals surface area contributed by atoms with Gasteiger partial charge in [-0.3, -0.25) is 9.59 Å². The lowest BCUT2D eigenvalue weighted by molar-refractivity contribution is -0.147. The van der Waals surface area contributed by atoms with Crippen molar-refractivity contribution in [1.29, 1.82) is 0 Å². The monoisotopic (exact) mass is 292 g/mol. The smallest absolute Gasteiger partial charge is 0.306 e. The molecule has 0 aromatic heterocycles. The molecule has 1 fully saturated rings. The minimum Gasteiger partial charge on any atom is -0.466 e. The molecule has 1 aliphatic rings. The maximum Gasteiger partial charge on any atom is 0.306 e. The van der Waals surface area contributed by atoms with Gasteiger partial charge in [0.1, 0.15) is 0 Å². The molecule has 1 aliphatic heterocycles. The maximum atomic E-state index is 11.6.